The zero-order chi connectivity index (χ0) is 22.9. The maximum Gasteiger partial charge on any atom is 0.305 e. The number of aromatic amines is 1. The van der Waals surface area contributed by atoms with Crippen LogP contribution in [0.2, 0.25) is 0 Å². The van der Waals surface area contributed by atoms with Gasteiger partial charge in [0.1, 0.15) is 18.9 Å². The second-order valence-electron chi connectivity index (χ2n) is 8.47. The second kappa shape index (κ2) is 12.0. The summed E-state index contributed by atoms with van der Waals surface area (Å²) in [6.45, 7) is 2.20. The van der Waals surface area contributed by atoms with Crippen LogP contribution in [0.25, 0.3) is 11.2 Å². The van der Waals surface area contributed by atoms with Crippen molar-refractivity contribution in [2.45, 2.75) is 96.0 Å². The molecule has 32 heavy (non-hydrogen) atoms. The van der Waals surface area contributed by atoms with Gasteiger partial charge in [0.05, 0.1) is 12.4 Å². The molecule has 3 rings (SSSR count). The lowest BCUT2D eigenvalue weighted by molar-refractivity contribution is -0.150. The number of nitrogens with zero attached hydrogens (tertiary/aromatic N) is 3. The molecule has 2 aromatic heterocycles. The fraction of sp³-hybridized carbons (Fsp3) is 0.727. The summed E-state index contributed by atoms with van der Waals surface area (Å²) in [6.07, 6.45) is 10.7. The highest BCUT2D eigenvalue weighted by atomic mass is 16.6. The van der Waals surface area contributed by atoms with E-state index in [1.54, 1.807) is 4.57 Å². The molecule has 2 aromatic rings. The highest BCUT2D eigenvalue weighted by Gasteiger charge is 2.36. The molecule has 0 unspecified atom stereocenters. The van der Waals surface area contributed by atoms with E-state index >= 15 is 0 Å². The number of rotatable bonds is 13. The first kappa shape index (κ1) is 24.2. The van der Waals surface area contributed by atoms with Crippen molar-refractivity contribution in [2.75, 3.05) is 12.3 Å². The van der Waals surface area contributed by atoms with Crippen molar-refractivity contribution in [2.24, 2.45) is 0 Å². The standard InChI is InChI=1S/C22H35N5O5/c1-2-3-4-5-6-7-8-9-10-11-18(29)31-13-16-15(28)12-17(32-16)27-14-24-19-20(27)25-22(23)26-21(19)30/h14-17,28H,2-13H2,1H3,(H3,23,25,26,30)/t15-,16+,17+/m0/s1. The molecule has 1 fully saturated rings. The lowest BCUT2D eigenvalue weighted by atomic mass is 10.1. The average molecular weight is 450 g/mol. The van der Waals surface area contributed by atoms with Crippen molar-refractivity contribution in [3.63, 3.8) is 0 Å². The van der Waals surface area contributed by atoms with Gasteiger partial charge in [-0.1, -0.05) is 58.3 Å². The summed E-state index contributed by atoms with van der Waals surface area (Å²) in [4.78, 5) is 34.5. The SMILES string of the molecule is CCCCCCCCCCCC(=O)OC[C@H]1O[C@@H](n2cnc3c(=O)[nH]c(N)nc32)C[C@@H]1O. The van der Waals surface area contributed by atoms with Gasteiger partial charge in [-0.25, -0.2) is 4.98 Å². The van der Waals surface area contributed by atoms with Gasteiger partial charge >= 0.3 is 5.97 Å². The van der Waals surface area contributed by atoms with Crippen molar-refractivity contribution in [1.29, 1.82) is 0 Å². The summed E-state index contributed by atoms with van der Waals surface area (Å²) in [5.74, 6) is -0.300. The van der Waals surface area contributed by atoms with Crippen LogP contribution in [0.15, 0.2) is 11.1 Å². The minimum absolute atomic E-state index is 0.0172. The van der Waals surface area contributed by atoms with E-state index in [4.69, 9.17) is 15.2 Å². The van der Waals surface area contributed by atoms with E-state index < -0.39 is 24.0 Å². The number of esters is 1. The normalized spacial score (nSPS) is 20.8. The molecule has 1 aliphatic rings. The Balaban J connectivity index is 1.37. The summed E-state index contributed by atoms with van der Waals surface area (Å²) in [5.41, 5.74) is 5.61. The second-order valence-corrected chi connectivity index (χ2v) is 8.47. The molecule has 1 aliphatic heterocycles. The Morgan fingerprint density at radius 3 is 2.66 bits per heavy atom. The Kier molecular flexibility index (Phi) is 9.04. The molecule has 0 bridgehead atoms. The number of unbranched alkanes of at least 4 members (excludes halogenated alkanes) is 8. The highest BCUT2D eigenvalue weighted by molar-refractivity contribution is 5.70. The van der Waals surface area contributed by atoms with Crippen LogP contribution in [0, 0.1) is 0 Å². The first-order valence-corrected chi connectivity index (χ1v) is 11.7. The molecule has 0 saturated carbocycles. The predicted molar refractivity (Wildman–Crippen MR) is 120 cm³/mol. The maximum atomic E-state index is 12.0. The number of nitrogens with one attached hydrogen (secondary N) is 1. The van der Waals surface area contributed by atoms with Gasteiger partial charge in [0.25, 0.3) is 5.56 Å². The Labute approximate surface area is 187 Å². The fourth-order valence-corrected chi connectivity index (χ4v) is 4.02. The maximum absolute atomic E-state index is 12.0. The lowest BCUT2D eigenvalue weighted by Crippen LogP contribution is -2.28. The largest absolute Gasteiger partial charge is 0.463 e. The van der Waals surface area contributed by atoms with Crippen LogP contribution in [-0.4, -0.2) is 49.4 Å². The van der Waals surface area contributed by atoms with Gasteiger partial charge < -0.3 is 20.3 Å². The number of ether oxygens (including phenoxy) is 2. The molecule has 1 saturated heterocycles. The lowest BCUT2D eigenvalue weighted by Gasteiger charge is -2.16. The number of hydrogen-bond acceptors (Lipinski definition) is 8. The number of H-pyrrole nitrogens is 1. The number of hydrogen-bond donors (Lipinski definition) is 3. The van der Waals surface area contributed by atoms with Gasteiger partial charge in [-0.3, -0.25) is 19.1 Å². The zero-order valence-electron chi connectivity index (χ0n) is 18.8. The summed E-state index contributed by atoms with van der Waals surface area (Å²) < 4.78 is 12.7. The van der Waals surface area contributed by atoms with Crippen LogP contribution in [0.1, 0.15) is 83.8 Å². The average Bonchev–Trinajstić information content (AvgIpc) is 3.34. The molecule has 0 amide bonds. The van der Waals surface area contributed by atoms with E-state index in [-0.39, 0.29) is 36.1 Å². The Morgan fingerprint density at radius 1 is 1.25 bits per heavy atom. The third-order valence-electron chi connectivity index (χ3n) is 5.86. The molecule has 10 nitrogen and oxygen atoms in total. The first-order chi connectivity index (χ1) is 15.5. The molecule has 0 spiro atoms. The van der Waals surface area contributed by atoms with Gasteiger partial charge in [0.15, 0.2) is 11.2 Å². The quantitative estimate of drug-likeness (QED) is 0.313. The monoisotopic (exact) mass is 449 g/mol. The van der Waals surface area contributed by atoms with Crippen molar-refractivity contribution in [3.8, 4) is 0 Å². The summed E-state index contributed by atoms with van der Waals surface area (Å²) in [6, 6.07) is 0. The highest BCUT2D eigenvalue weighted by Crippen LogP contribution is 2.30. The number of carbonyl (C=O) groups excluding carboxylic acids is 1. The number of aliphatic hydroxyl groups excluding tert-OH is 1. The van der Waals surface area contributed by atoms with Crippen molar-refractivity contribution >= 4 is 23.1 Å². The number of fused-ring (bicyclic) bond motifs is 1. The van der Waals surface area contributed by atoms with Crippen LogP contribution in [-0.2, 0) is 14.3 Å². The molecule has 178 valence electrons. The number of anilines is 1. The van der Waals surface area contributed by atoms with E-state index in [2.05, 4.69) is 21.9 Å². The topological polar surface area (TPSA) is 145 Å². The predicted octanol–water partition coefficient (Wildman–Crippen LogP) is 2.81. The number of nitrogens with two attached hydrogens (primary N) is 1. The smallest absolute Gasteiger partial charge is 0.305 e. The number of nitrogen functional groups attached to an aromatic ring is 1. The summed E-state index contributed by atoms with van der Waals surface area (Å²) in [5, 5.41) is 10.3. The van der Waals surface area contributed by atoms with Crippen molar-refractivity contribution in [3.05, 3.63) is 16.7 Å². The van der Waals surface area contributed by atoms with Gasteiger partial charge in [-0.2, -0.15) is 4.98 Å². The van der Waals surface area contributed by atoms with Gasteiger partial charge in [0.2, 0.25) is 5.95 Å². The summed E-state index contributed by atoms with van der Waals surface area (Å²) >= 11 is 0. The van der Waals surface area contributed by atoms with E-state index in [0.717, 1.165) is 19.3 Å². The third kappa shape index (κ3) is 6.52. The van der Waals surface area contributed by atoms with Crippen LogP contribution in [0.5, 0.6) is 0 Å². The Hall–Kier alpha value is -2.46. The van der Waals surface area contributed by atoms with E-state index in [0.29, 0.717) is 6.42 Å². The first-order valence-electron chi connectivity index (χ1n) is 11.7. The minimum Gasteiger partial charge on any atom is -0.463 e. The Morgan fingerprint density at radius 2 is 1.94 bits per heavy atom. The van der Waals surface area contributed by atoms with Crippen molar-refractivity contribution < 1.29 is 19.4 Å². The number of imidazole rings is 1. The minimum atomic E-state index is -0.808. The van der Waals surface area contributed by atoms with Crippen molar-refractivity contribution in [1.82, 2.24) is 19.5 Å². The summed E-state index contributed by atoms with van der Waals surface area (Å²) in [7, 11) is 0. The van der Waals surface area contributed by atoms with Crippen LogP contribution in [0.4, 0.5) is 5.95 Å². The molecular formula is C22H35N5O5. The number of aliphatic hydroxyl groups is 1. The molecule has 0 radical (unpaired) electrons. The van der Waals surface area contributed by atoms with E-state index in [9.17, 15) is 14.7 Å². The molecule has 3 atom stereocenters. The van der Waals surface area contributed by atoms with E-state index in [1.807, 2.05) is 0 Å². The number of carbonyl (C=O) groups is 1. The van der Waals surface area contributed by atoms with Crippen LogP contribution < -0.4 is 11.3 Å². The molecular weight excluding hydrogens is 414 g/mol. The van der Waals surface area contributed by atoms with Crippen LogP contribution >= 0.6 is 0 Å². The van der Waals surface area contributed by atoms with E-state index in [1.165, 1.54) is 44.9 Å². The molecule has 3 heterocycles. The molecule has 4 N–H and O–H groups in total. The van der Waals surface area contributed by atoms with Gasteiger partial charge in [-0.15, -0.1) is 0 Å². The molecule has 10 heteroatoms. The van der Waals surface area contributed by atoms with Gasteiger partial charge in [-0.05, 0) is 6.42 Å². The molecule has 0 aromatic carbocycles. The molecule has 0 aliphatic carbocycles. The fourth-order valence-electron chi connectivity index (χ4n) is 4.02. The van der Waals surface area contributed by atoms with Crippen LogP contribution in [0.3, 0.4) is 0 Å². The Bertz CT molecular complexity index is 927. The number of aromatic nitrogens is 4. The third-order valence-corrected chi connectivity index (χ3v) is 5.86. The zero-order valence-corrected chi connectivity index (χ0v) is 18.8. The van der Waals surface area contributed by atoms with Gasteiger partial charge in [0, 0.05) is 12.8 Å².